The third-order valence-electron chi connectivity index (χ3n) is 2.62. The first-order valence-electron chi connectivity index (χ1n) is 5.47. The van der Waals surface area contributed by atoms with Crippen molar-refractivity contribution in [2.45, 2.75) is 25.0 Å². The van der Waals surface area contributed by atoms with Crippen LogP contribution in [-0.2, 0) is 4.79 Å². The summed E-state index contributed by atoms with van der Waals surface area (Å²) in [4.78, 5) is 30.7. The van der Waals surface area contributed by atoms with Crippen LogP contribution in [0.2, 0.25) is 5.02 Å². The number of carboxylic acid groups (broad SMARTS) is 1. The van der Waals surface area contributed by atoms with E-state index in [1.54, 1.807) is 13.2 Å². The maximum atomic E-state index is 12.0. The number of aromatic nitrogens is 2. The van der Waals surface area contributed by atoms with E-state index in [4.69, 9.17) is 16.7 Å². The average molecular weight is 304 g/mol. The van der Waals surface area contributed by atoms with E-state index < -0.39 is 23.8 Å². The zero-order chi connectivity index (χ0) is 14.6. The lowest BCUT2D eigenvalue weighted by molar-refractivity contribution is -0.141. The van der Waals surface area contributed by atoms with Crippen LogP contribution in [0.15, 0.2) is 11.4 Å². The van der Waals surface area contributed by atoms with Crippen molar-refractivity contribution in [1.82, 2.24) is 15.3 Å². The Morgan fingerprint density at radius 2 is 2.11 bits per heavy atom. The van der Waals surface area contributed by atoms with Crippen molar-refractivity contribution in [3.8, 4) is 0 Å². The predicted molar refractivity (Wildman–Crippen MR) is 72.6 cm³/mol. The van der Waals surface area contributed by atoms with E-state index >= 15 is 0 Å². The average Bonchev–Trinajstić information content (AvgIpc) is 2.37. The highest BCUT2D eigenvalue weighted by Gasteiger charge is 2.23. The van der Waals surface area contributed by atoms with Gasteiger partial charge in [-0.1, -0.05) is 23.4 Å². The second-order valence-electron chi connectivity index (χ2n) is 3.94. The Morgan fingerprint density at radius 1 is 1.47 bits per heavy atom. The number of carboxylic acids is 1. The van der Waals surface area contributed by atoms with Crippen molar-refractivity contribution in [3.05, 3.63) is 16.9 Å². The van der Waals surface area contributed by atoms with E-state index in [1.807, 2.05) is 0 Å². The van der Waals surface area contributed by atoms with Crippen LogP contribution >= 0.6 is 23.4 Å². The summed E-state index contributed by atoms with van der Waals surface area (Å²) in [6.07, 6.45) is 3.13. The molecule has 6 nitrogen and oxygen atoms in total. The number of thioether (sulfide) groups is 1. The summed E-state index contributed by atoms with van der Waals surface area (Å²) in [7, 11) is 0. The van der Waals surface area contributed by atoms with Gasteiger partial charge in [-0.05, 0) is 20.1 Å². The summed E-state index contributed by atoms with van der Waals surface area (Å²) in [5.74, 6) is -2.20. The van der Waals surface area contributed by atoms with Gasteiger partial charge in [-0.3, -0.25) is 9.59 Å². The Balaban J connectivity index is 2.86. The van der Waals surface area contributed by atoms with Crippen LogP contribution in [0.1, 0.15) is 24.3 Å². The summed E-state index contributed by atoms with van der Waals surface area (Å²) >= 11 is 7.15. The third kappa shape index (κ3) is 4.07. The van der Waals surface area contributed by atoms with Crippen molar-refractivity contribution < 1.29 is 14.7 Å². The molecule has 0 aromatic carbocycles. The molecule has 2 N–H and O–H groups in total. The molecule has 0 saturated heterocycles. The van der Waals surface area contributed by atoms with Gasteiger partial charge in [-0.15, -0.1) is 0 Å². The summed E-state index contributed by atoms with van der Waals surface area (Å²) in [5.41, 5.74) is 0.0467. The van der Waals surface area contributed by atoms with Gasteiger partial charge in [0, 0.05) is 6.04 Å². The van der Waals surface area contributed by atoms with Crippen LogP contribution in [0.5, 0.6) is 0 Å². The minimum atomic E-state index is -0.980. The van der Waals surface area contributed by atoms with E-state index in [0.29, 0.717) is 5.16 Å². The molecule has 0 spiro atoms. The Labute approximate surface area is 120 Å². The molecule has 1 aromatic heterocycles. The summed E-state index contributed by atoms with van der Waals surface area (Å²) in [6.45, 7) is 3.13. The second-order valence-corrected chi connectivity index (χ2v) is 5.12. The molecule has 0 radical (unpaired) electrons. The first kappa shape index (κ1) is 15.7. The van der Waals surface area contributed by atoms with Crippen LogP contribution in [0.25, 0.3) is 0 Å². The molecule has 2 atom stereocenters. The monoisotopic (exact) mass is 303 g/mol. The Kier molecular flexibility index (Phi) is 5.56. The molecular weight excluding hydrogens is 290 g/mol. The number of amides is 1. The molecule has 1 heterocycles. The number of rotatable bonds is 5. The van der Waals surface area contributed by atoms with Crippen molar-refractivity contribution in [2.24, 2.45) is 5.92 Å². The molecule has 0 aliphatic heterocycles. The first-order chi connectivity index (χ1) is 8.86. The van der Waals surface area contributed by atoms with Crippen LogP contribution in [-0.4, -0.2) is 39.2 Å². The molecule has 0 fully saturated rings. The van der Waals surface area contributed by atoms with Gasteiger partial charge in [0.1, 0.15) is 0 Å². The van der Waals surface area contributed by atoms with Gasteiger partial charge in [0.15, 0.2) is 10.9 Å². The van der Waals surface area contributed by atoms with Gasteiger partial charge in [0.25, 0.3) is 5.91 Å². The lowest BCUT2D eigenvalue weighted by atomic mass is 10.0. The maximum Gasteiger partial charge on any atom is 0.308 e. The van der Waals surface area contributed by atoms with Crippen LogP contribution in [0.4, 0.5) is 0 Å². The third-order valence-corrected chi connectivity index (χ3v) is 3.46. The van der Waals surface area contributed by atoms with Crippen LogP contribution in [0, 0.1) is 5.92 Å². The highest BCUT2D eigenvalue weighted by Crippen LogP contribution is 2.17. The molecule has 104 valence electrons. The number of carbonyl (C=O) groups excluding carboxylic acids is 1. The topological polar surface area (TPSA) is 92.2 Å². The lowest BCUT2D eigenvalue weighted by Gasteiger charge is -2.17. The van der Waals surface area contributed by atoms with Crippen molar-refractivity contribution >= 4 is 35.2 Å². The van der Waals surface area contributed by atoms with Crippen molar-refractivity contribution in [3.63, 3.8) is 0 Å². The van der Waals surface area contributed by atoms with Gasteiger partial charge in [-0.2, -0.15) is 0 Å². The predicted octanol–water partition coefficient (Wildman–Crippen LogP) is 1.69. The molecule has 1 rings (SSSR count). The summed E-state index contributed by atoms with van der Waals surface area (Å²) in [6, 6.07) is -0.534. The standard InChI is InChI=1S/C11H14ClN3O3S/c1-5(10(17)18)6(2)14-9(16)8-7(12)4-13-11(15-8)19-3/h4-6H,1-3H3,(H,14,16)(H,17,18). The number of nitrogens with zero attached hydrogens (tertiary/aromatic N) is 2. The molecule has 1 aromatic rings. The fraction of sp³-hybridized carbons (Fsp3) is 0.455. The quantitative estimate of drug-likeness (QED) is 0.635. The van der Waals surface area contributed by atoms with Crippen molar-refractivity contribution in [1.29, 1.82) is 0 Å². The summed E-state index contributed by atoms with van der Waals surface area (Å²) in [5, 5.41) is 12.0. The molecule has 0 saturated carbocycles. The number of aliphatic carboxylic acids is 1. The highest BCUT2D eigenvalue weighted by molar-refractivity contribution is 7.98. The van der Waals surface area contributed by atoms with E-state index in [1.165, 1.54) is 24.9 Å². The largest absolute Gasteiger partial charge is 0.481 e. The van der Waals surface area contributed by atoms with E-state index in [-0.39, 0.29) is 10.7 Å². The molecular formula is C11H14ClN3O3S. The molecule has 0 aliphatic carbocycles. The normalized spacial score (nSPS) is 13.7. The minimum absolute atomic E-state index is 0.0467. The number of hydrogen-bond donors (Lipinski definition) is 2. The first-order valence-corrected chi connectivity index (χ1v) is 7.07. The molecule has 1 amide bonds. The Bertz CT molecular complexity index is 498. The number of halogens is 1. The van der Waals surface area contributed by atoms with E-state index in [2.05, 4.69) is 15.3 Å². The summed E-state index contributed by atoms with van der Waals surface area (Å²) < 4.78 is 0. The number of nitrogens with one attached hydrogen (secondary N) is 1. The van der Waals surface area contributed by atoms with Crippen LogP contribution in [0.3, 0.4) is 0 Å². The highest BCUT2D eigenvalue weighted by atomic mass is 35.5. The van der Waals surface area contributed by atoms with Gasteiger partial charge >= 0.3 is 5.97 Å². The maximum absolute atomic E-state index is 12.0. The lowest BCUT2D eigenvalue weighted by Crippen LogP contribution is -2.40. The SMILES string of the molecule is CSc1ncc(Cl)c(C(=O)NC(C)C(C)C(=O)O)n1. The molecule has 0 aliphatic rings. The fourth-order valence-corrected chi connectivity index (χ4v) is 1.74. The zero-order valence-corrected chi connectivity index (χ0v) is 12.2. The Hall–Kier alpha value is -1.34. The van der Waals surface area contributed by atoms with Gasteiger partial charge in [0.2, 0.25) is 0 Å². The minimum Gasteiger partial charge on any atom is -0.481 e. The second kappa shape index (κ2) is 6.72. The Morgan fingerprint density at radius 3 is 2.63 bits per heavy atom. The van der Waals surface area contributed by atoms with E-state index in [9.17, 15) is 9.59 Å². The van der Waals surface area contributed by atoms with Gasteiger partial charge < -0.3 is 10.4 Å². The number of carbonyl (C=O) groups is 2. The molecule has 19 heavy (non-hydrogen) atoms. The zero-order valence-electron chi connectivity index (χ0n) is 10.7. The molecule has 2 unspecified atom stereocenters. The van der Waals surface area contributed by atoms with Crippen molar-refractivity contribution in [2.75, 3.05) is 6.26 Å². The number of hydrogen-bond acceptors (Lipinski definition) is 5. The smallest absolute Gasteiger partial charge is 0.308 e. The van der Waals surface area contributed by atoms with Crippen LogP contribution < -0.4 is 5.32 Å². The van der Waals surface area contributed by atoms with Gasteiger partial charge in [-0.25, -0.2) is 9.97 Å². The van der Waals surface area contributed by atoms with E-state index in [0.717, 1.165) is 0 Å². The van der Waals surface area contributed by atoms with Gasteiger partial charge in [0.05, 0.1) is 17.1 Å². The fourth-order valence-electron chi connectivity index (χ4n) is 1.22. The molecule has 8 heteroatoms. The molecule has 0 bridgehead atoms.